The van der Waals surface area contributed by atoms with E-state index in [1.54, 1.807) is 12.1 Å². The van der Waals surface area contributed by atoms with Crippen LogP contribution in [0.25, 0.3) is 21.5 Å². The average Bonchev–Trinajstić information content (AvgIpc) is 2.75. The lowest BCUT2D eigenvalue weighted by atomic mass is 10.1. The van der Waals surface area contributed by atoms with Crippen LogP contribution in [0.2, 0.25) is 0 Å². The van der Waals surface area contributed by atoms with E-state index in [9.17, 15) is 4.79 Å². The highest BCUT2D eigenvalue weighted by Crippen LogP contribution is 2.27. The summed E-state index contributed by atoms with van der Waals surface area (Å²) < 4.78 is 4.71. The predicted octanol–water partition coefficient (Wildman–Crippen LogP) is 1.02. The summed E-state index contributed by atoms with van der Waals surface area (Å²) >= 11 is 1.11. The Labute approximate surface area is 99.3 Å². The quantitative estimate of drug-likeness (QED) is 0.624. The normalized spacial score (nSPS) is 10.8. The molecule has 0 unspecified atom stereocenters. The molecule has 3 aromatic rings. The number of anilines is 1. The summed E-state index contributed by atoms with van der Waals surface area (Å²) in [5.41, 5.74) is 8.06. The number of aromatic amines is 1. The van der Waals surface area contributed by atoms with Crippen molar-refractivity contribution in [1.29, 1.82) is 0 Å². The van der Waals surface area contributed by atoms with E-state index in [-0.39, 0.29) is 5.56 Å². The van der Waals surface area contributed by atoms with Gasteiger partial charge < -0.3 is 5.73 Å². The topological polar surface area (TPSA) is 97.5 Å². The smallest absolute Gasteiger partial charge is 0.286 e. The molecule has 3 N–H and O–H groups in total. The first-order chi connectivity index (χ1) is 8.25. The number of rotatable bonds is 1. The first-order valence-electron chi connectivity index (χ1n) is 4.82. The maximum absolute atomic E-state index is 11.5. The van der Waals surface area contributed by atoms with Crippen molar-refractivity contribution in [1.82, 2.24) is 19.8 Å². The maximum Gasteiger partial charge on any atom is 0.286 e. The fourth-order valence-corrected chi connectivity index (χ4v) is 2.26. The zero-order chi connectivity index (χ0) is 11.8. The highest BCUT2D eigenvalue weighted by molar-refractivity contribution is 7.13. The van der Waals surface area contributed by atoms with Crippen LogP contribution in [-0.4, -0.2) is 19.8 Å². The molecule has 6 nitrogen and oxygen atoms in total. The lowest BCUT2D eigenvalue weighted by molar-refractivity contribution is 0.875. The highest BCUT2D eigenvalue weighted by atomic mass is 32.1. The Kier molecular flexibility index (Phi) is 2.12. The van der Waals surface area contributed by atoms with E-state index in [0.717, 1.165) is 17.1 Å². The second-order valence-electron chi connectivity index (χ2n) is 3.47. The third-order valence-electron chi connectivity index (χ3n) is 2.36. The van der Waals surface area contributed by atoms with Gasteiger partial charge in [-0.2, -0.15) is 4.37 Å². The van der Waals surface area contributed by atoms with Gasteiger partial charge in [0.2, 0.25) is 0 Å². The molecule has 0 bridgehead atoms. The van der Waals surface area contributed by atoms with Gasteiger partial charge in [0.1, 0.15) is 15.9 Å². The van der Waals surface area contributed by atoms with Gasteiger partial charge in [0.05, 0.1) is 0 Å². The van der Waals surface area contributed by atoms with Crippen LogP contribution in [0.5, 0.6) is 0 Å². The zero-order valence-electron chi connectivity index (χ0n) is 8.54. The SMILES string of the molecule is Nc1ccc(-c2nsc3c(=O)[nH]nnc23)cc1. The first kappa shape index (κ1) is 9.91. The number of hydrogen-bond acceptors (Lipinski definition) is 6. The van der Waals surface area contributed by atoms with Crippen molar-refractivity contribution < 1.29 is 0 Å². The van der Waals surface area contributed by atoms with Crippen LogP contribution in [0.15, 0.2) is 29.1 Å². The van der Waals surface area contributed by atoms with E-state index in [1.165, 1.54) is 0 Å². The molecular weight excluding hydrogens is 238 g/mol. The second kappa shape index (κ2) is 3.63. The Morgan fingerprint density at radius 2 is 2.00 bits per heavy atom. The highest BCUT2D eigenvalue weighted by Gasteiger charge is 2.12. The molecule has 0 saturated carbocycles. The van der Waals surface area contributed by atoms with Crippen LogP contribution in [-0.2, 0) is 0 Å². The number of hydrogen-bond donors (Lipinski definition) is 2. The van der Waals surface area contributed by atoms with Gasteiger partial charge in [-0.1, -0.05) is 17.3 Å². The molecule has 0 fully saturated rings. The third-order valence-corrected chi connectivity index (χ3v) is 3.19. The Morgan fingerprint density at radius 1 is 1.24 bits per heavy atom. The van der Waals surface area contributed by atoms with Crippen LogP contribution >= 0.6 is 11.5 Å². The zero-order valence-corrected chi connectivity index (χ0v) is 9.36. The number of benzene rings is 1. The van der Waals surface area contributed by atoms with Crippen LogP contribution in [0.4, 0.5) is 5.69 Å². The molecule has 0 atom stereocenters. The molecule has 2 aromatic heterocycles. The lowest BCUT2D eigenvalue weighted by Crippen LogP contribution is -2.07. The largest absolute Gasteiger partial charge is 0.399 e. The molecule has 0 radical (unpaired) electrons. The van der Waals surface area contributed by atoms with Crippen molar-refractivity contribution >= 4 is 27.4 Å². The maximum atomic E-state index is 11.5. The Balaban J connectivity index is 2.28. The van der Waals surface area contributed by atoms with Gasteiger partial charge in [-0.15, -0.1) is 5.10 Å². The summed E-state index contributed by atoms with van der Waals surface area (Å²) in [7, 11) is 0. The standard InChI is InChI=1S/C10H7N5OS/c11-6-3-1-5(2-4-6)7-8-9(17-14-7)10(16)13-15-12-8/h1-4H,11H2,(H,12,13,16). The van der Waals surface area contributed by atoms with Crippen LogP contribution in [0.1, 0.15) is 0 Å². The number of nitrogens with one attached hydrogen (secondary N) is 1. The molecule has 0 spiro atoms. The van der Waals surface area contributed by atoms with Gasteiger partial charge in [0.15, 0.2) is 0 Å². The molecule has 3 rings (SSSR count). The Bertz CT molecular complexity index is 730. The molecule has 84 valence electrons. The summed E-state index contributed by atoms with van der Waals surface area (Å²) in [6, 6.07) is 7.24. The summed E-state index contributed by atoms with van der Waals surface area (Å²) in [5.74, 6) is 0. The minimum Gasteiger partial charge on any atom is -0.399 e. The number of aromatic nitrogens is 4. The average molecular weight is 245 g/mol. The van der Waals surface area contributed by atoms with E-state index < -0.39 is 0 Å². The summed E-state index contributed by atoms with van der Waals surface area (Å²) in [5, 5.41) is 9.74. The monoisotopic (exact) mass is 245 g/mol. The van der Waals surface area contributed by atoms with E-state index in [2.05, 4.69) is 19.8 Å². The molecule has 1 aromatic carbocycles. The molecule has 0 aliphatic heterocycles. The number of nitrogens with zero attached hydrogens (tertiary/aromatic N) is 3. The summed E-state index contributed by atoms with van der Waals surface area (Å²) in [6.45, 7) is 0. The molecule has 7 heteroatoms. The Hall–Kier alpha value is -2.28. The fourth-order valence-electron chi connectivity index (χ4n) is 1.53. The van der Waals surface area contributed by atoms with Crippen molar-refractivity contribution in [3.63, 3.8) is 0 Å². The van der Waals surface area contributed by atoms with Crippen LogP contribution < -0.4 is 11.3 Å². The van der Waals surface area contributed by atoms with Gasteiger partial charge in [-0.05, 0) is 23.7 Å². The predicted molar refractivity (Wildman–Crippen MR) is 65.7 cm³/mol. The van der Waals surface area contributed by atoms with Crippen molar-refractivity contribution in [3.8, 4) is 11.3 Å². The summed E-state index contributed by atoms with van der Waals surface area (Å²) in [6.07, 6.45) is 0. The molecule has 0 aliphatic rings. The van der Waals surface area contributed by atoms with Crippen LogP contribution in [0, 0.1) is 0 Å². The van der Waals surface area contributed by atoms with Gasteiger partial charge in [0, 0.05) is 11.3 Å². The molecule has 0 aliphatic carbocycles. The minimum atomic E-state index is -0.269. The van der Waals surface area contributed by atoms with Gasteiger partial charge in [0.25, 0.3) is 5.56 Å². The van der Waals surface area contributed by atoms with Crippen molar-refractivity contribution in [2.24, 2.45) is 0 Å². The minimum absolute atomic E-state index is 0.269. The molecule has 2 heterocycles. The number of H-pyrrole nitrogens is 1. The van der Waals surface area contributed by atoms with Gasteiger partial charge in [-0.3, -0.25) is 4.79 Å². The van der Waals surface area contributed by atoms with Gasteiger partial charge >= 0.3 is 0 Å². The van der Waals surface area contributed by atoms with Crippen molar-refractivity contribution in [3.05, 3.63) is 34.6 Å². The molecule has 0 amide bonds. The molecular formula is C10H7N5OS. The fraction of sp³-hybridized carbons (Fsp3) is 0. The van der Waals surface area contributed by atoms with E-state index in [1.807, 2.05) is 12.1 Å². The van der Waals surface area contributed by atoms with Crippen molar-refractivity contribution in [2.75, 3.05) is 5.73 Å². The second-order valence-corrected chi connectivity index (χ2v) is 4.25. The van der Waals surface area contributed by atoms with Crippen LogP contribution in [0.3, 0.4) is 0 Å². The first-order valence-corrected chi connectivity index (χ1v) is 5.60. The molecule has 0 saturated heterocycles. The van der Waals surface area contributed by atoms with E-state index >= 15 is 0 Å². The van der Waals surface area contributed by atoms with E-state index in [0.29, 0.717) is 21.6 Å². The third kappa shape index (κ3) is 1.56. The number of nitrogen functional groups attached to an aromatic ring is 1. The lowest BCUT2D eigenvalue weighted by Gasteiger charge is -1.97. The van der Waals surface area contributed by atoms with Gasteiger partial charge in [-0.25, -0.2) is 5.10 Å². The molecule has 17 heavy (non-hydrogen) atoms. The van der Waals surface area contributed by atoms with Crippen molar-refractivity contribution in [2.45, 2.75) is 0 Å². The summed E-state index contributed by atoms with van der Waals surface area (Å²) in [4.78, 5) is 11.5. The Morgan fingerprint density at radius 3 is 2.76 bits per heavy atom. The number of nitrogens with two attached hydrogens (primary N) is 1. The number of fused-ring (bicyclic) bond motifs is 1. The van der Waals surface area contributed by atoms with E-state index in [4.69, 9.17) is 5.73 Å².